The number of hydrogen-bond donors (Lipinski definition) is 1. The summed E-state index contributed by atoms with van der Waals surface area (Å²) in [6.45, 7) is 0. The predicted molar refractivity (Wildman–Crippen MR) is 139 cm³/mol. The van der Waals surface area contributed by atoms with Crippen LogP contribution < -0.4 is 15.1 Å². The standard InChI is InChI=1S/C27H18N4O3S/c1-30(19-12-10-16-6-2-3-7-17(16)14-19)26(34)28-18-11-13-22-23(15-18)35-27(29-22)31-24(32)20-8-4-5-9-21(20)25(31)33/h2-15H,1H3,(H,28,34). The summed E-state index contributed by atoms with van der Waals surface area (Å²) in [7, 11) is 1.71. The highest BCUT2D eigenvalue weighted by Crippen LogP contribution is 2.35. The van der Waals surface area contributed by atoms with Crippen LogP contribution in [0.15, 0.2) is 84.9 Å². The molecular formula is C27H18N4O3S. The summed E-state index contributed by atoms with van der Waals surface area (Å²) in [5, 5.41) is 5.38. The fourth-order valence-corrected chi connectivity index (χ4v) is 5.16. The van der Waals surface area contributed by atoms with Crippen molar-refractivity contribution in [3.63, 3.8) is 0 Å². The zero-order valence-electron chi connectivity index (χ0n) is 18.6. The Balaban J connectivity index is 1.24. The average molecular weight is 479 g/mol. The molecule has 0 unspecified atom stereocenters. The first-order valence-electron chi connectivity index (χ1n) is 10.9. The number of amides is 4. The minimum Gasteiger partial charge on any atom is -0.307 e. The summed E-state index contributed by atoms with van der Waals surface area (Å²) >= 11 is 1.23. The van der Waals surface area contributed by atoms with Crippen LogP contribution in [0.3, 0.4) is 0 Å². The van der Waals surface area contributed by atoms with E-state index in [1.54, 1.807) is 54.4 Å². The van der Waals surface area contributed by atoms with Crippen LogP contribution in [0.1, 0.15) is 20.7 Å². The van der Waals surface area contributed by atoms with E-state index in [-0.39, 0.29) is 17.8 Å². The highest BCUT2D eigenvalue weighted by Gasteiger charge is 2.38. The minimum absolute atomic E-state index is 0.287. The van der Waals surface area contributed by atoms with Crippen LogP contribution in [0.25, 0.3) is 21.0 Å². The molecule has 5 aromatic rings. The van der Waals surface area contributed by atoms with Gasteiger partial charge in [-0.3, -0.25) is 14.5 Å². The van der Waals surface area contributed by atoms with Gasteiger partial charge >= 0.3 is 6.03 Å². The first kappa shape index (κ1) is 21.0. The highest BCUT2D eigenvalue weighted by molar-refractivity contribution is 7.22. The molecule has 0 saturated heterocycles. The number of thiazole rings is 1. The van der Waals surface area contributed by atoms with Crippen LogP contribution in [-0.4, -0.2) is 29.9 Å². The van der Waals surface area contributed by atoms with Gasteiger partial charge in [0.1, 0.15) is 0 Å². The van der Waals surface area contributed by atoms with Crippen LogP contribution in [0.2, 0.25) is 0 Å². The molecule has 0 radical (unpaired) electrons. The van der Waals surface area contributed by atoms with Crippen LogP contribution in [0.4, 0.5) is 21.3 Å². The Kier molecular flexibility index (Phi) is 4.82. The van der Waals surface area contributed by atoms with Gasteiger partial charge in [0.05, 0.1) is 21.3 Å². The van der Waals surface area contributed by atoms with E-state index >= 15 is 0 Å². The van der Waals surface area contributed by atoms with Crippen LogP contribution in [-0.2, 0) is 0 Å². The maximum atomic E-state index is 12.9. The van der Waals surface area contributed by atoms with Crippen molar-refractivity contribution in [2.24, 2.45) is 0 Å². The molecule has 0 fully saturated rings. The van der Waals surface area contributed by atoms with Crippen LogP contribution in [0, 0.1) is 0 Å². The lowest BCUT2D eigenvalue weighted by molar-refractivity contribution is 0.0926. The number of urea groups is 1. The van der Waals surface area contributed by atoms with Crippen LogP contribution in [0.5, 0.6) is 0 Å². The second-order valence-corrected chi connectivity index (χ2v) is 9.20. The Hall–Kier alpha value is -4.56. The Bertz CT molecular complexity index is 1640. The topological polar surface area (TPSA) is 82.6 Å². The van der Waals surface area contributed by atoms with Crippen LogP contribution >= 0.6 is 11.3 Å². The third-order valence-corrected chi connectivity index (χ3v) is 7.04. The Morgan fingerprint density at radius 3 is 2.29 bits per heavy atom. The van der Waals surface area contributed by atoms with Gasteiger partial charge in [0, 0.05) is 18.4 Å². The van der Waals surface area contributed by atoms with Crippen molar-refractivity contribution >= 4 is 66.7 Å². The maximum absolute atomic E-state index is 12.9. The summed E-state index contributed by atoms with van der Waals surface area (Å²) in [4.78, 5) is 45.7. The zero-order valence-corrected chi connectivity index (χ0v) is 19.4. The molecule has 0 atom stereocenters. The molecule has 6 rings (SSSR count). The third-order valence-electron chi connectivity index (χ3n) is 6.04. The van der Waals surface area contributed by atoms with Crippen molar-refractivity contribution in [1.82, 2.24) is 4.98 Å². The smallest absolute Gasteiger partial charge is 0.307 e. The number of imide groups is 1. The Morgan fingerprint density at radius 2 is 1.54 bits per heavy atom. The second-order valence-electron chi connectivity index (χ2n) is 8.19. The molecule has 1 aromatic heterocycles. The van der Waals surface area contributed by atoms with E-state index in [0.29, 0.717) is 27.5 Å². The van der Waals surface area contributed by atoms with Crippen molar-refractivity contribution in [2.45, 2.75) is 0 Å². The summed E-state index contributed by atoms with van der Waals surface area (Å²) in [6.07, 6.45) is 0. The molecule has 0 aliphatic carbocycles. The highest BCUT2D eigenvalue weighted by atomic mass is 32.1. The first-order valence-corrected chi connectivity index (χ1v) is 11.7. The van der Waals surface area contributed by atoms with Gasteiger partial charge in [-0.2, -0.15) is 0 Å². The number of anilines is 3. The molecule has 170 valence electrons. The average Bonchev–Trinajstić information content (AvgIpc) is 3.41. The molecule has 4 aromatic carbocycles. The van der Waals surface area contributed by atoms with Crippen molar-refractivity contribution in [3.8, 4) is 0 Å². The molecule has 0 bridgehead atoms. The molecule has 4 amide bonds. The molecular weight excluding hydrogens is 460 g/mol. The normalized spacial score (nSPS) is 12.9. The van der Waals surface area contributed by atoms with Crippen molar-refractivity contribution in [3.05, 3.63) is 96.1 Å². The summed E-state index contributed by atoms with van der Waals surface area (Å²) in [6, 6.07) is 25.6. The van der Waals surface area contributed by atoms with Crippen molar-refractivity contribution in [1.29, 1.82) is 0 Å². The molecule has 7 nitrogen and oxygen atoms in total. The van der Waals surface area contributed by atoms with Gasteiger partial charge in [-0.05, 0) is 53.2 Å². The Labute approximate surface area is 204 Å². The molecule has 1 N–H and O–H groups in total. The van der Waals surface area contributed by atoms with E-state index in [1.165, 1.54) is 11.3 Å². The largest absolute Gasteiger partial charge is 0.326 e. The molecule has 8 heteroatoms. The minimum atomic E-state index is -0.379. The van der Waals surface area contributed by atoms with E-state index < -0.39 is 0 Å². The van der Waals surface area contributed by atoms with Gasteiger partial charge in [0.2, 0.25) is 5.13 Å². The molecule has 1 aliphatic rings. The Morgan fingerprint density at radius 1 is 0.857 bits per heavy atom. The van der Waals surface area contributed by atoms with Gasteiger partial charge in [0.25, 0.3) is 11.8 Å². The quantitative estimate of drug-likeness (QED) is 0.327. The number of nitrogens with one attached hydrogen (secondary N) is 1. The zero-order chi connectivity index (χ0) is 24.1. The summed E-state index contributed by atoms with van der Waals surface area (Å²) < 4.78 is 0.753. The lowest BCUT2D eigenvalue weighted by Crippen LogP contribution is -2.31. The van der Waals surface area contributed by atoms with E-state index in [2.05, 4.69) is 10.3 Å². The van der Waals surface area contributed by atoms with Gasteiger partial charge in [-0.15, -0.1) is 0 Å². The summed E-state index contributed by atoms with van der Waals surface area (Å²) in [5.74, 6) is -0.759. The number of aromatic nitrogens is 1. The number of carbonyl (C=O) groups is 3. The van der Waals surface area contributed by atoms with E-state index in [4.69, 9.17) is 0 Å². The predicted octanol–water partition coefficient (Wildman–Crippen LogP) is 5.92. The lowest BCUT2D eigenvalue weighted by Gasteiger charge is -2.18. The fourth-order valence-electron chi connectivity index (χ4n) is 4.16. The lowest BCUT2D eigenvalue weighted by atomic mass is 10.1. The van der Waals surface area contributed by atoms with E-state index in [1.807, 2.05) is 42.5 Å². The van der Waals surface area contributed by atoms with E-state index in [0.717, 1.165) is 26.1 Å². The van der Waals surface area contributed by atoms with Crippen molar-refractivity contribution in [2.75, 3.05) is 22.2 Å². The molecule has 35 heavy (non-hydrogen) atoms. The number of fused-ring (bicyclic) bond motifs is 3. The number of nitrogens with zero attached hydrogens (tertiary/aromatic N) is 3. The number of hydrogen-bond acceptors (Lipinski definition) is 5. The molecule has 0 spiro atoms. The second kappa shape index (κ2) is 8.03. The number of benzene rings is 4. The van der Waals surface area contributed by atoms with Gasteiger partial charge in [-0.1, -0.05) is 53.8 Å². The number of rotatable bonds is 3. The number of carbonyl (C=O) groups excluding carboxylic acids is 3. The third kappa shape index (κ3) is 3.51. The SMILES string of the molecule is CN(C(=O)Nc1ccc2nc(N3C(=O)c4ccccc4C3=O)sc2c1)c1ccc2ccccc2c1. The van der Waals surface area contributed by atoms with Crippen molar-refractivity contribution < 1.29 is 14.4 Å². The maximum Gasteiger partial charge on any atom is 0.326 e. The molecule has 2 heterocycles. The van der Waals surface area contributed by atoms with E-state index in [9.17, 15) is 14.4 Å². The van der Waals surface area contributed by atoms with Gasteiger partial charge in [0.15, 0.2) is 0 Å². The van der Waals surface area contributed by atoms with Gasteiger partial charge in [-0.25, -0.2) is 14.7 Å². The first-order chi connectivity index (χ1) is 17.0. The molecule has 0 saturated carbocycles. The monoisotopic (exact) mass is 478 g/mol. The summed E-state index contributed by atoms with van der Waals surface area (Å²) in [5.41, 5.74) is 2.76. The van der Waals surface area contributed by atoms with Gasteiger partial charge < -0.3 is 5.32 Å². The fraction of sp³-hybridized carbons (Fsp3) is 0.0370. The molecule has 1 aliphatic heterocycles.